The molecular formula is C13H22N2O. The average molecular weight is 222 g/mol. The lowest BCUT2D eigenvalue weighted by atomic mass is 10.1. The molecule has 0 atom stereocenters. The summed E-state index contributed by atoms with van der Waals surface area (Å²) < 4.78 is 5.44. The number of nitrogens with zero attached hydrogens (tertiary/aromatic N) is 1. The zero-order valence-corrected chi connectivity index (χ0v) is 10.7. The summed E-state index contributed by atoms with van der Waals surface area (Å²) in [7, 11) is 3.80. The summed E-state index contributed by atoms with van der Waals surface area (Å²) in [5, 5.41) is 0. The van der Waals surface area contributed by atoms with Crippen LogP contribution in [0.5, 0.6) is 5.75 Å². The number of hydrogen-bond donors (Lipinski definition) is 1. The van der Waals surface area contributed by atoms with Crippen LogP contribution >= 0.6 is 0 Å². The van der Waals surface area contributed by atoms with E-state index in [4.69, 9.17) is 10.5 Å². The van der Waals surface area contributed by atoms with Gasteiger partial charge >= 0.3 is 0 Å². The summed E-state index contributed by atoms with van der Waals surface area (Å²) in [5.41, 5.74) is 9.17. The molecule has 1 aromatic rings. The number of nitrogens with two attached hydrogens (primary N) is 1. The van der Waals surface area contributed by atoms with E-state index >= 15 is 0 Å². The SMILES string of the molecule is COc1cc(C)cc(C)c1N(C)CCCN. The largest absolute Gasteiger partial charge is 0.495 e. The summed E-state index contributed by atoms with van der Waals surface area (Å²) in [5.74, 6) is 0.942. The second kappa shape index (κ2) is 5.75. The van der Waals surface area contributed by atoms with Gasteiger partial charge < -0.3 is 15.4 Å². The molecule has 0 heterocycles. The predicted octanol–water partition coefficient (Wildman–Crippen LogP) is 2.10. The van der Waals surface area contributed by atoms with Crippen LogP contribution in [0.1, 0.15) is 17.5 Å². The van der Waals surface area contributed by atoms with Crippen molar-refractivity contribution in [1.29, 1.82) is 0 Å². The number of aryl methyl sites for hydroxylation is 2. The Morgan fingerprint density at radius 3 is 2.56 bits per heavy atom. The van der Waals surface area contributed by atoms with Crippen molar-refractivity contribution in [2.75, 3.05) is 32.1 Å². The van der Waals surface area contributed by atoms with Crippen molar-refractivity contribution in [2.45, 2.75) is 20.3 Å². The highest BCUT2D eigenvalue weighted by Crippen LogP contribution is 2.32. The molecule has 0 aliphatic carbocycles. The van der Waals surface area contributed by atoms with E-state index in [-0.39, 0.29) is 0 Å². The van der Waals surface area contributed by atoms with Crippen LogP contribution in [-0.4, -0.2) is 27.2 Å². The molecule has 16 heavy (non-hydrogen) atoms. The molecule has 3 nitrogen and oxygen atoms in total. The quantitative estimate of drug-likeness (QED) is 0.829. The van der Waals surface area contributed by atoms with Crippen LogP contribution in [-0.2, 0) is 0 Å². The van der Waals surface area contributed by atoms with Gasteiger partial charge in [-0.15, -0.1) is 0 Å². The molecule has 0 bridgehead atoms. The number of ether oxygens (including phenoxy) is 1. The summed E-state index contributed by atoms with van der Waals surface area (Å²) >= 11 is 0. The van der Waals surface area contributed by atoms with E-state index < -0.39 is 0 Å². The van der Waals surface area contributed by atoms with Gasteiger partial charge in [-0.1, -0.05) is 6.07 Å². The first-order valence-electron chi connectivity index (χ1n) is 5.66. The summed E-state index contributed by atoms with van der Waals surface area (Å²) in [6, 6.07) is 4.25. The minimum absolute atomic E-state index is 0.720. The molecule has 0 spiro atoms. The third-order valence-corrected chi connectivity index (χ3v) is 2.71. The van der Waals surface area contributed by atoms with Crippen LogP contribution in [0.15, 0.2) is 12.1 Å². The highest BCUT2D eigenvalue weighted by atomic mass is 16.5. The standard InChI is InChI=1S/C13H22N2O/c1-10-8-11(2)13(12(9-10)16-4)15(3)7-5-6-14/h8-9H,5-7,14H2,1-4H3. The van der Waals surface area contributed by atoms with E-state index in [9.17, 15) is 0 Å². The van der Waals surface area contributed by atoms with Crippen molar-refractivity contribution in [2.24, 2.45) is 5.73 Å². The molecule has 0 saturated carbocycles. The van der Waals surface area contributed by atoms with Gasteiger partial charge in [0.15, 0.2) is 0 Å². The van der Waals surface area contributed by atoms with Crippen LogP contribution in [0.4, 0.5) is 5.69 Å². The van der Waals surface area contributed by atoms with Crippen molar-refractivity contribution >= 4 is 5.69 Å². The van der Waals surface area contributed by atoms with Crippen molar-refractivity contribution in [3.63, 3.8) is 0 Å². The molecule has 2 N–H and O–H groups in total. The highest BCUT2D eigenvalue weighted by Gasteiger charge is 2.11. The third-order valence-electron chi connectivity index (χ3n) is 2.71. The third kappa shape index (κ3) is 2.89. The van der Waals surface area contributed by atoms with Crippen molar-refractivity contribution in [3.05, 3.63) is 23.3 Å². The van der Waals surface area contributed by atoms with Gasteiger partial charge in [-0.3, -0.25) is 0 Å². The molecule has 3 heteroatoms. The Hall–Kier alpha value is -1.22. The smallest absolute Gasteiger partial charge is 0.142 e. The molecule has 0 fully saturated rings. The van der Waals surface area contributed by atoms with Crippen LogP contribution in [0, 0.1) is 13.8 Å². The maximum Gasteiger partial charge on any atom is 0.142 e. The molecule has 0 aromatic heterocycles. The number of hydrogen-bond acceptors (Lipinski definition) is 3. The summed E-state index contributed by atoms with van der Waals surface area (Å²) in [6.07, 6.45) is 0.993. The molecule has 0 saturated heterocycles. The molecule has 90 valence electrons. The number of anilines is 1. The Morgan fingerprint density at radius 1 is 1.31 bits per heavy atom. The van der Waals surface area contributed by atoms with Crippen LogP contribution < -0.4 is 15.4 Å². The predicted molar refractivity (Wildman–Crippen MR) is 69.4 cm³/mol. The topological polar surface area (TPSA) is 38.5 Å². The van der Waals surface area contributed by atoms with Crippen molar-refractivity contribution < 1.29 is 4.74 Å². The number of benzene rings is 1. The van der Waals surface area contributed by atoms with Crippen LogP contribution in [0.3, 0.4) is 0 Å². The molecular weight excluding hydrogens is 200 g/mol. The van der Waals surface area contributed by atoms with E-state index in [1.54, 1.807) is 7.11 Å². The Morgan fingerprint density at radius 2 is 2.00 bits per heavy atom. The molecule has 0 amide bonds. The van der Waals surface area contributed by atoms with E-state index in [1.165, 1.54) is 16.8 Å². The minimum Gasteiger partial charge on any atom is -0.495 e. The average Bonchev–Trinajstić information content (AvgIpc) is 2.24. The lowest BCUT2D eigenvalue weighted by Crippen LogP contribution is -2.22. The van der Waals surface area contributed by atoms with E-state index in [0.717, 1.165) is 25.3 Å². The number of methoxy groups -OCH3 is 1. The maximum atomic E-state index is 5.53. The molecule has 0 radical (unpaired) electrons. The van der Waals surface area contributed by atoms with Gasteiger partial charge in [-0.05, 0) is 44.0 Å². The van der Waals surface area contributed by atoms with Gasteiger partial charge in [-0.25, -0.2) is 0 Å². The summed E-state index contributed by atoms with van der Waals surface area (Å²) in [4.78, 5) is 2.21. The van der Waals surface area contributed by atoms with E-state index in [1.807, 2.05) is 0 Å². The van der Waals surface area contributed by atoms with Crippen molar-refractivity contribution in [3.8, 4) is 5.75 Å². The maximum absolute atomic E-state index is 5.53. The van der Waals surface area contributed by atoms with Crippen molar-refractivity contribution in [1.82, 2.24) is 0 Å². The first-order chi connectivity index (χ1) is 7.60. The Balaban J connectivity index is 3.01. The fraction of sp³-hybridized carbons (Fsp3) is 0.538. The monoisotopic (exact) mass is 222 g/mol. The Kier molecular flexibility index (Phi) is 4.62. The Labute approximate surface area is 98.2 Å². The van der Waals surface area contributed by atoms with E-state index in [0.29, 0.717) is 0 Å². The molecule has 0 aliphatic rings. The fourth-order valence-corrected chi connectivity index (χ4v) is 2.01. The number of rotatable bonds is 5. The fourth-order valence-electron chi connectivity index (χ4n) is 2.01. The second-order valence-electron chi connectivity index (χ2n) is 4.20. The van der Waals surface area contributed by atoms with Gasteiger partial charge in [0.05, 0.1) is 12.8 Å². The molecule has 0 unspecified atom stereocenters. The molecule has 0 aliphatic heterocycles. The van der Waals surface area contributed by atoms with E-state index in [2.05, 4.69) is 37.9 Å². The van der Waals surface area contributed by atoms with Gasteiger partial charge in [0.2, 0.25) is 0 Å². The normalized spacial score (nSPS) is 10.3. The second-order valence-corrected chi connectivity index (χ2v) is 4.20. The zero-order valence-electron chi connectivity index (χ0n) is 10.7. The zero-order chi connectivity index (χ0) is 12.1. The minimum atomic E-state index is 0.720. The lowest BCUT2D eigenvalue weighted by molar-refractivity contribution is 0.414. The van der Waals surface area contributed by atoms with Gasteiger partial charge in [0.1, 0.15) is 5.75 Å². The van der Waals surface area contributed by atoms with Gasteiger partial charge in [0.25, 0.3) is 0 Å². The lowest BCUT2D eigenvalue weighted by Gasteiger charge is -2.24. The first-order valence-corrected chi connectivity index (χ1v) is 5.66. The molecule has 1 rings (SSSR count). The first kappa shape index (κ1) is 12.8. The van der Waals surface area contributed by atoms with Gasteiger partial charge in [0, 0.05) is 13.6 Å². The Bertz CT molecular complexity index is 350. The van der Waals surface area contributed by atoms with Gasteiger partial charge in [-0.2, -0.15) is 0 Å². The molecule has 1 aromatic carbocycles. The van der Waals surface area contributed by atoms with Crippen LogP contribution in [0.2, 0.25) is 0 Å². The van der Waals surface area contributed by atoms with Crippen LogP contribution in [0.25, 0.3) is 0 Å². The highest BCUT2D eigenvalue weighted by molar-refractivity contribution is 5.64. The summed E-state index contributed by atoms with van der Waals surface area (Å²) in [6.45, 7) is 5.87.